The van der Waals surface area contributed by atoms with E-state index in [4.69, 9.17) is 4.74 Å². The van der Waals surface area contributed by atoms with Gasteiger partial charge in [-0.05, 0) is 50.7 Å². The normalized spacial score (nSPS) is 19.8. The van der Waals surface area contributed by atoms with Crippen molar-refractivity contribution in [3.05, 3.63) is 24.3 Å². The van der Waals surface area contributed by atoms with Crippen LogP contribution in [0.25, 0.3) is 0 Å². The molecule has 0 spiro atoms. The van der Waals surface area contributed by atoms with Gasteiger partial charge in [0.1, 0.15) is 5.75 Å². The lowest BCUT2D eigenvalue weighted by Crippen LogP contribution is -2.47. The molecular weight excluding hydrogens is 358 g/mol. The Labute approximate surface area is 164 Å². The van der Waals surface area contributed by atoms with Crippen molar-refractivity contribution < 1.29 is 19.1 Å². The average molecular weight is 385 g/mol. The lowest BCUT2D eigenvalue weighted by molar-refractivity contribution is -0.133. The zero-order valence-electron chi connectivity index (χ0n) is 16.0. The zero-order valence-corrected chi connectivity index (χ0v) is 16.0. The van der Waals surface area contributed by atoms with E-state index in [0.717, 1.165) is 38.5 Å². The Morgan fingerprint density at radius 1 is 1.00 bits per heavy atom. The molecule has 0 atom stereocenters. The molecule has 2 N–H and O–H groups in total. The molecule has 1 aromatic carbocycles. The highest BCUT2D eigenvalue weighted by Crippen LogP contribution is 2.32. The molecule has 1 aliphatic heterocycles. The van der Waals surface area contributed by atoms with Gasteiger partial charge in [-0.15, -0.1) is 0 Å². The highest BCUT2D eigenvalue weighted by Gasteiger charge is 2.35. The van der Waals surface area contributed by atoms with E-state index in [1.807, 2.05) is 11.0 Å². The van der Waals surface area contributed by atoms with Gasteiger partial charge in [-0.2, -0.15) is 0 Å². The molecule has 4 rings (SSSR count). The number of benzene rings is 1. The summed E-state index contributed by atoms with van der Waals surface area (Å²) in [6.07, 6.45) is 5.53. The fraction of sp³-hybridized carbons (Fsp3) is 0.571. The van der Waals surface area contributed by atoms with E-state index < -0.39 is 0 Å². The number of ether oxygens (including phenoxy) is 1. The number of amides is 3. The summed E-state index contributed by atoms with van der Waals surface area (Å²) >= 11 is 0. The van der Waals surface area contributed by atoms with Crippen molar-refractivity contribution in [2.75, 3.05) is 25.0 Å². The van der Waals surface area contributed by atoms with E-state index >= 15 is 0 Å². The number of carbonyl (C=O) groups excluding carboxylic acids is 3. The summed E-state index contributed by atoms with van der Waals surface area (Å²) in [5.41, 5.74) is 0.683. The van der Waals surface area contributed by atoms with Crippen molar-refractivity contribution in [1.82, 2.24) is 10.2 Å². The summed E-state index contributed by atoms with van der Waals surface area (Å²) in [6.45, 7) is 1.36. The minimum absolute atomic E-state index is 0.0430. The topological polar surface area (TPSA) is 87.7 Å². The van der Waals surface area contributed by atoms with Crippen molar-refractivity contribution in [3.8, 4) is 5.75 Å². The average Bonchev–Trinajstić information content (AvgIpc) is 3.58. The van der Waals surface area contributed by atoms with Gasteiger partial charge in [0.2, 0.25) is 11.8 Å². The van der Waals surface area contributed by atoms with E-state index in [-0.39, 0.29) is 42.2 Å². The molecule has 0 unspecified atom stereocenters. The zero-order chi connectivity index (χ0) is 19.5. The Morgan fingerprint density at radius 3 is 2.39 bits per heavy atom. The minimum atomic E-state index is -0.167. The molecule has 0 radical (unpaired) electrons. The van der Waals surface area contributed by atoms with Crippen molar-refractivity contribution in [2.45, 2.75) is 44.6 Å². The van der Waals surface area contributed by atoms with Gasteiger partial charge in [0.05, 0.1) is 0 Å². The Hall–Kier alpha value is -2.57. The largest absolute Gasteiger partial charge is 0.484 e. The van der Waals surface area contributed by atoms with Gasteiger partial charge in [0.15, 0.2) is 6.61 Å². The minimum Gasteiger partial charge on any atom is -0.484 e. The van der Waals surface area contributed by atoms with Gasteiger partial charge in [-0.1, -0.05) is 6.07 Å². The van der Waals surface area contributed by atoms with Crippen LogP contribution < -0.4 is 15.4 Å². The van der Waals surface area contributed by atoms with Gasteiger partial charge in [-0.25, -0.2) is 0 Å². The smallest absolute Gasteiger partial charge is 0.258 e. The van der Waals surface area contributed by atoms with E-state index in [9.17, 15) is 14.4 Å². The Morgan fingerprint density at radius 2 is 1.71 bits per heavy atom. The molecule has 0 bridgehead atoms. The number of likely N-dealkylation sites (tertiary alicyclic amines) is 1. The maximum absolute atomic E-state index is 12.2. The van der Waals surface area contributed by atoms with Crippen LogP contribution in [0.15, 0.2) is 24.3 Å². The van der Waals surface area contributed by atoms with E-state index in [2.05, 4.69) is 10.6 Å². The van der Waals surface area contributed by atoms with Crippen LogP contribution in [0.2, 0.25) is 0 Å². The molecule has 150 valence electrons. The van der Waals surface area contributed by atoms with Crippen LogP contribution in [0, 0.1) is 11.8 Å². The molecule has 3 fully saturated rings. The quantitative estimate of drug-likeness (QED) is 0.751. The number of carbonyl (C=O) groups is 3. The number of nitrogens with one attached hydrogen (secondary N) is 2. The molecule has 28 heavy (non-hydrogen) atoms. The molecule has 1 saturated heterocycles. The Bertz CT molecular complexity index is 750. The second-order valence-electron chi connectivity index (χ2n) is 8.02. The van der Waals surface area contributed by atoms with Crippen LogP contribution in [-0.4, -0.2) is 48.4 Å². The van der Waals surface area contributed by atoms with Crippen molar-refractivity contribution >= 4 is 23.4 Å². The first kappa shape index (κ1) is 18.8. The number of rotatable bonds is 7. The van der Waals surface area contributed by atoms with E-state index in [1.54, 1.807) is 18.2 Å². The Kier molecular flexibility index (Phi) is 5.50. The lowest BCUT2D eigenvalue weighted by atomic mass is 10.0. The molecule has 2 aliphatic carbocycles. The van der Waals surface area contributed by atoms with Crippen LogP contribution in [0.5, 0.6) is 5.75 Å². The van der Waals surface area contributed by atoms with Crippen molar-refractivity contribution in [3.63, 3.8) is 0 Å². The maximum Gasteiger partial charge on any atom is 0.258 e. The molecule has 1 aromatic rings. The number of hydrogen-bond donors (Lipinski definition) is 2. The van der Waals surface area contributed by atoms with E-state index in [1.165, 1.54) is 0 Å². The fourth-order valence-electron chi connectivity index (χ4n) is 3.50. The standard InChI is InChI=1S/C21H27N3O4/c25-19(22-16-8-10-24(11-9-16)21(27)15-6-7-15)13-28-18-3-1-2-17(12-18)23-20(26)14-4-5-14/h1-3,12,14-16H,4-11,13H2,(H,22,25)(H,23,26). The monoisotopic (exact) mass is 385 g/mol. The van der Waals surface area contributed by atoms with Gasteiger partial charge >= 0.3 is 0 Å². The first-order valence-electron chi connectivity index (χ1n) is 10.2. The summed E-state index contributed by atoms with van der Waals surface area (Å²) < 4.78 is 5.58. The molecular formula is C21H27N3O4. The van der Waals surface area contributed by atoms with Gasteiger partial charge in [-0.3, -0.25) is 14.4 Å². The molecule has 7 heteroatoms. The third-order valence-corrected chi connectivity index (χ3v) is 5.52. The van der Waals surface area contributed by atoms with Gasteiger partial charge in [0, 0.05) is 42.7 Å². The van der Waals surface area contributed by atoms with Crippen LogP contribution >= 0.6 is 0 Å². The fourth-order valence-corrected chi connectivity index (χ4v) is 3.50. The predicted molar refractivity (Wildman–Crippen MR) is 104 cm³/mol. The number of hydrogen-bond acceptors (Lipinski definition) is 4. The third kappa shape index (κ3) is 5.03. The van der Waals surface area contributed by atoms with Crippen LogP contribution in [-0.2, 0) is 14.4 Å². The number of piperidine rings is 1. The SMILES string of the molecule is O=C(COc1cccc(NC(=O)C2CC2)c1)NC1CCN(C(=O)C2CC2)CC1. The molecule has 3 aliphatic rings. The predicted octanol–water partition coefficient (Wildman–Crippen LogP) is 1.93. The van der Waals surface area contributed by atoms with Crippen molar-refractivity contribution in [2.24, 2.45) is 11.8 Å². The van der Waals surface area contributed by atoms with Crippen LogP contribution in [0.3, 0.4) is 0 Å². The van der Waals surface area contributed by atoms with E-state index in [0.29, 0.717) is 24.5 Å². The summed E-state index contributed by atoms with van der Waals surface area (Å²) in [7, 11) is 0. The van der Waals surface area contributed by atoms with Crippen molar-refractivity contribution in [1.29, 1.82) is 0 Å². The van der Waals surface area contributed by atoms with Gasteiger partial charge < -0.3 is 20.3 Å². The molecule has 2 saturated carbocycles. The molecule has 0 aromatic heterocycles. The molecule has 3 amide bonds. The summed E-state index contributed by atoms with van der Waals surface area (Å²) in [6, 6.07) is 7.19. The highest BCUT2D eigenvalue weighted by molar-refractivity contribution is 5.94. The van der Waals surface area contributed by atoms with Crippen LogP contribution in [0.4, 0.5) is 5.69 Å². The molecule has 7 nitrogen and oxygen atoms in total. The first-order valence-corrected chi connectivity index (χ1v) is 10.2. The van der Waals surface area contributed by atoms with Crippen LogP contribution in [0.1, 0.15) is 38.5 Å². The second kappa shape index (κ2) is 8.20. The summed E-state index contributed by atoms with van der Waals surface area (Å²) in [5, 5.41) is 5.86. The summed E-state index contributed by atoms with van der Waals surface area (Å²) in [5.74, 6) is 1.10. The number of nitrogens with zero attached hydrogens (tertiary/aromatic N) is 1. The third-order valence-electron chi connectivity index (χ3n) is 5.52. The first-order chi connectivity index (χ1) is 13.6. The number of anilines is 1. The highest BCUT2D eigenvalue weighted by atomic mass is 16.5. The lowest BCUT2D eigenvalue weighted by Gasteiger charge is -2.32. The Balaban J connectivity index is 1.18. The molecule has 1 heterocycles. The second-order valence-corrected chi connectivity index (χ2v) is 8.02. The maximum atomic E-state index is 12.2. The van der Waals surface area contributed by atoms with Gasteiger partial charge in [0.25, 0.3) is 5.91 Å². The summed E-state index contributed by atoms with van der Waals surface area (Å²) in [4.78, 5) is 38.0.